The van der Waals surface area contributed by atoms with Gasteiger partial charge in [-0.2, -0.15) is 0 Å². The maximum Gasteiger partial charge on any atom is 0.306 e. The molecule has 0 unspecified atom stereocenters. The van der Waals surface area contributed by atoms with Crippen LogP contribution in [-0.2, 0) is 17.6 Å². The van der Waals surface area contributed by atoms with Gasteiger partial charge in [-0.1, -0.05) is 48.5 Å². The predicted octanol–water partition coefficient (Wildman–Crippen LogP) is 2.39. The second kappa shape index (κ2) is 8.57. The summed E-state index contributed by atoms with van der Waals surface area (Å²) in [6, 6.07) is 15.0. The molecule has 0 radical (unpaired) electrons. The summed E-state index contributed by atoms with van der Waals surface area (Å²) in [5.74, 6) is -2.39. The minimum Gasteiger partial charge on any atom is -0.481 e. The van der Waals surface area contributed by atoms with E-state index in [1.165, 1.54) is 6.07 Å². The molecule has 2 rings (SSSR count). The topological polar surface area (TPSA) is 83.5 Å². The summed E-state index contributed by atoms with van der Waals surface area (Å²) < 4.78 is 13.7. The average molecular weight is 331 g/mol. The molecule has 0 spiro atoms. The van der Waals surface area contributed by atoms with Gasteiger partial charge < -0.3 is 15.9 Å². The lowest BCUT2D eigenvalue weighted by molar-refractivity contribution is -0.142. The highest BCUT2D eigenvalue weighted by atomic mass is 19.1. The number of carboxylic acid groups (broad SMARTS) is 1. The highest BCUT2D eigenvalue weighted by molar-refractivity contribution is 5.70. The van der Waals surface area contributed by atoms with E-state index in [4.69, 9.17) is 5.73 Å². The van der Waals surface area contributed by atoms with E-state index in [-0.39, 0.29) is 12.8 Å². The van der Waals surface area contributed by atoms with Gasteiger partial charge in [0.15, 0.2) is 0 Å². The summed E-state index contributed by atoms with van der Waals surface area (Å²) in [4.78, 5) is 11.5. The molecule has 0 aliphatic rings. The predicted molar refractivity (Wildman–Crippen MR) is 90.0 cm³/mol. The number of halogens is 1. The van der Waals surface area contributed by atoms with E-state index in [9.17, 15) is 19.4 Å². The van der Waals surface area contributed by atoms with Crippen molar-refractivity contribution in [2.45, 2.75) is 31.4 Å². The lowest BCUT2D eigenvalue weighted by Crippen LogP contribution is -2.39. The number of rotatable bonds is 8. The molecule has 4 N–H and O–H groups in total. The zero-order valence-electron chi connectivity index (χ0n) is 13.3. The van der Waals surface area contributed by atoms with Crippen molar-refractivity contribution in [3.8, 4) is 0 Å². The normalized spacial score (nSPS) is 14.8. The molecule has 0 fully saturated rings. The average Bonchev–Trinajstić information content (AvgIpc) is 2.56. The molecule has 0 aromatic heterocycles. The largest absolute Gasteiger partial charge is 0.481 e. The molecule has 4 nitrogen and oxygen atoms in total. The van der Waals surface area contributed by atoms with Gasteiger partial charge in [0.2, 0.25) is 0 Å². The van der Waals surface area contributed by atoms with Crippen molar-refractivity contribution in [2.75, 3.05) is 0 Å². The number of nitrogens with two attached hydrogens (primary N) is 1. The third-order valence-corrected chi connectivity index (χ3v) is 4.11. The van der Waals surface area contributed by atoms with Gasteiger partial charge in [-0.15, -0.1) is 0 Å². The molecule has 0 saturated heterocycles. The molecule has 0 saturated carbocycles. The minimum atomic E-state index is -1.07. The van der Waals surface area contributed by atoms with Crippen LogP contribution in [0.5, 0.6) is 0 Å². The Morgan fingerprint density at radius 3 is 2.29 bits per heavy atom. The fourth-order valence-electron chi connectivity index (χ4n) is 2.69. The fraction of sp³-hybridized carbons (Fsp3) is 0.316. The molecule has 24 heavy (non-hydrogen) atoms. The van der Waals surface area contributed by atoms with E-state index < -0.39 is 29.9 Å². The van der Waals surface area contributed by atoms with Gasteiger partial charge in [-0.3, -0.25) is 4.79 Å². The lowest BCUT2D eigenvalue weighted by atomic mass is 9.89. The van der Waals surface area contributed by atoms with Gasteiger partial charge in [0, 0.05) is 6.04 Å². The van der Waals surface area contributed by atoms with Crippen molar-refractivity contribution in [3.05, 3.63) is 71.5 Å². The van der Waals surface area contributed by atoms with E-state index in [0.29, 0.717) is 12.0 Å². The van der Waals surface area contributed by atoms with Gasteiger partial charge in [0.25, 0.3) is 0 Å². The maximum absolute atomic E-state index is 13.7. The van der Waals surface area contributed by atoms with Gasteiger partial charge in [-0.05, 0) is 36.5 Å². The first kappa shape index (κ1) is 18.1. The van der Waals surface area contributed by atoms with Crippen molar-refractivity contribution in [3.63, 3.8) is 0 Å². The van der Waals surface area contributed by atoms with E-state index >= 15 is 0 Å². The van der Waals surface area contributed by atoms with Gasteiger partial charge in [0.1, 0.15) is 5.82 Å². The Balaban J connectivity index is 1.99. The SMILES string of the molecule is N[C@@H](Cc1ccccc1)[C@@H](O)C[C@@H](Cc1ccccc1F)C(=O)O. The Morgan fingerprint density at radius 1 is 1.04 bits per heavy atom. The Morgan fingerprint density at radius 2 is 1.67 bits per heavy atom. The number of hydrogen-bond donors (Lipinski definition) is 3. The first-order valence-electron chi connectivity index (χ1n) is 7.91. The van der Waals surface area contributed by atoms with Crippen LogP contribution in [0.15, 0.2) is 54.6 Å². The molecule has 3 atom stereocenters. The van der Waals surface area contributed by atoms with Crippen molar-refractivity contribution >= 4 is 5.97 Å². The van der Waals surface area contributed by atoms with Crippen LogP contribution in [0.2, 0.25) is 0 Å². The van der Waals surface area contributed by atoms with Gasteiger partial charge in [-0.25, -0.2) is 4.39 Å². The summed E-state index contributed by atoms with van der Waals surface area (Å²) in [5, 5.41) is 19.6. The monoisotopic (exact) mass is 331 g/mol. The van der Waals surface area contributed by atoms with Crippen LogP contribution < -0.4 is 5.73 Å². The number of aliphatic hydroxyl groups is 1. The Labute approximate surface area is 140 Å². The van der Waals surface area contributed by atoms with Crippen molar-refractivity contribution in [1.82, 2.24) is 0 Å². The van der Waals surface area contributed by atoms with Crippen LogP contribution in [0.1, 0.15) is 17.5 Å². The second-order valence-corrected chi connectivity index (χ2v) is 5.99. The van der Waals surface area contributed by atoms with Crippen LogP contribution in [0.3, 0.4) is 0 Å². The van der Waals surface area contributed by atoms with Crippen molar-refractivity contribution in [1.29, 1.82) is 0 Å². The first-order valence-corrected chi connectivity index (χ1v) is 7.91. The quantitative estimate of drug-likeness (QED) is 0.693. The number of benzene rings is 2. The number of carboxylic acids is 1. The Hall–Kier alpha value is -2.24. The molecule has 2 aromatic carbocycles. The smallest absolute Gasteiger partial charge is 0.306 e. The first-order chi connectivity index (χ1) is 11.5. The molecule has 0 bridgehead atoms. The Kier molecular flexibility index (Phi) is 6.46. The molecule has 0 amide bonds. The molecular formula is C19H22FNO3. The molecule has 0 heterocycles. The standard InChI is InChI=1S/C19H22FNO3/c20-16-9-5-4-8-14(16)11-15(19(23)24)12-18(22)17(21)10-13-6-2-1-3-7-13/h1-9,15,17-18,22H,10-12,21H2,(H,23,24)/t15-,17+,18+/m1/s1. The fourth-order valence-corrected chi connectivity index (χ4v) is 2.69. The summed E-state index contributed by atoms with van der Waals surface area (Å²) in [5.41, 5.74) is 7.31. The highest BCUT2D eigenvalue weighted by Crippen LogP contribution is 2.19. The number of hydrogen-bond acceptors (Lipinski definition) is 3. The zero-order chi connectivity index (χ0) is 17.5. The zero-order valence-corrected chi connectivity index (χ0v) is 13.3. The third kappa shape index (κ3) is 5.15. The van der Waals surface area contributed by atoms with E-state index in [2.05, 4.69) is 0 Å². The van der Waals surface area contributed by atoms with Crippen LogP contribution in [0, 0.1) is 11.7 Å². The maximum atomic E-state index is 13.7. The summed E-state index contributed by atoms with van der Waals surface area (Å²) in [6.07, 6.45) is -0.513. The van der Waals surface area contributed by atoms with Crippen LogP contribution in [0.4, 0.5) is 4.39 Å². The molecule has 128 valence electrons. The van der Waals surface area contributed by atoms with Crippen LogP contribution in [0.25, 0.3) is 0 Å². The highest BCUT2D eigenvalue weighted by Gasteiger charge is 2.26. The van der Waals surface area contributed by atoms with E-state index in [1.54, 1.807) is 18.2 Å². The number of aliphatic carboxylic acids is 1. The van der Waals surface area contributed by atoms with Crippen molar-refractivity contribution < 1.29 is 19.4 Å². The minimum absolute atomic E-state index is 0.0162. The second-order valence-electron chi connectivity index (χ2n) is 5.99. The molecule has 5 heteroatoms. The molecule has 2 aromatic rings. The van der Waals surface area contributed by atoms with Gasteiger partial charge >= 0.3 is 5.97 Å². The van der Waals surface area contributed by atoms with Crippen LogP contribution >= 0.6 is 0 Å². The van der Waals surface area contributed by atoms with Crippen molar-refractivity contribution in [2.24, 2.45) is 11.7 Å². The summed E-state index contributed by atoms with van der Waals surface area (Å²) in [7, 11) is 0. The third-order valence-electron chi connectivity index (χ3n) is 4.11. The lowest BCUT2D eigenvalue weighted by Gasteiger charge is -2.22. The van der Waals surface area contributed by atoms with Gasteiger partial charge in [0.05, 0.1) is 12.0 Å². The van der Waals surface area contributed by atoms with Crippen LogP contribution in [-0.4, -0.2) is 28.3 Å². The molecule has 0 aliphatic heterocycles. The Bertz CT molecular complexity index is 663. The molecule has 0 aliphatic carbocycles. The number of aliphatic hydroxyl groups excluding tert-OH is 1. The summed E-state index contributed by atoms with van der Waals surface area (Å²) >= 11 is 0. The van der Waals surface area contributed by atoms with E-state index in [0.717, 1.165) is 5.56 Å². The van der Waals surface area contributed by atoms with E-state index in [1.807, 2.05) is 30.3 Å². The number of carbonyl (C=O) groups is 1. The molecular weight excluding hydrogens is 309 g/mol. The summed E-state index contributed by atoms with van der Waals surface area (Å²) in [6.45, 7) is 0.